The molecule has 27 heavy (non-hydrogen) atoms. The van der Waals surface area contributed by atoms with E-state index in [1.807, 2.05) is 24.3 Å². The molecule has 1 fully saturated rings. The number of halogens is 1. The number of esters is 1. The Bertz CT molecular complexity index is 786. The molecule has 0 aliphatic carbocycles. The molecule has 0 spiro atoms. The summed E-state index contributed by atoms with van der Waals surface area (Å²) < 4.78 is 18.2. The van der Waals surface area contributed by atoms with Crippen LogP contribution in [-0.4, -0.2) is 18.4 Å². The molecule has 1 amide bonds. The molecule has 2 aromatic rings. The number of aryl methyl sites for hydroxylation is 1. The molecule has 142 valence electrons. The molecule has 0 saturated carbocycles. The molecule has 1 saturated heterocycles. The normalized spacial score (nSPS) is 16.6. The van der Waals surface area contributed by atoms with Crippen molar-refractivity contribution in [2.24, 2.45) is 5.92 Å². The minimum atomic E-state index is -0.474. The quantitative estimate of drug-likeness (QED) is 0.685. The smallest absolute Gasteiger partial charge is 0.311 e. The van der Waals surface area contributed by atoms with Gasteiger partial charge in [0, 0.05) is 18.7 Å². The Labute approximate surface area is 158 Å². The molecule has 0 radical (unpaired) electrons. The van der Waals surface area contributed by atoms with E-state index in [9.17, 15) is 14.0 Å². The molecule has 0 N–H and O–H groups in total. The van der Waals surface area contributed by atoms with Crippen LogP contribution < -0.4 is 4.90 Å². The summed E-state index contributed by atoms with van der Waals surface area (Å²) in [5.74, 6) is -1.27. The Balaban J connectivity index is 1.56. The average molecular weight is 369 g/mol. The van der Waals surface area contributed by atoms with Crippen LogP contribution in [0.2, 0.25) is 0 Å². The molecule has 1 atom stereocenters. The summed E-state index contributed by atoms with van der Waals surface area (Å²) in [7, 11) is 0. The maximum absolute atomic E-state index is 12.9. The molecular weight excluding hydrogens is 345 g/mol. The number of ether oxygens (including phenoxy) is 1. The van der Waals surface area contributed by atoms with Crippen molar-refractivity contribution in [2.75, 3.05) is 11.4 Å². The molecule has 2 aromatic carbocycles. The summed E-state index contributed by atoms with van der Waals surface area (Å²) >= 11 is 0. The molecule has 4 nitrogen and oxygen atoms in total. The highest BCUT2D eigenvalue weighted by Crippen LogP contribution is 2.26. The van der Waals surface area contributed by atoms with Crippen molar-refractivity contribution in [3.05, 3.63) is 65.5 Å². The fourth-order valence-electron chi connectivity index (χ4n) is 3.19. The third-order valence-corrected chi connectivity index (χ3v) is 4.82. The van der Waals surface area contributed by atoms with Crippen LogP contribution in [0.1, 0.15) is 37.3 Å². The summed E-state index contributed by atoms with van der Waals surface area (Å²) in [4.78, 5) is 26.3. The summed E-state index contributed by atoms with van der Waals surface area (Å²) in [6, 6.07) is 13.8. The highest BCUT2D eigenvalue weighted by molar-refractivity contribution is 5.99. The molecule has 5 heteroatoms. The molecule has 0 unspecified atom stereocenters. The third-order valence-electron chi connectivity index (χ3n) is 4.82. The van der Waals surface area contributed by atoms with E-state index in [4.69, 9.17) is 4.74 Å². The lowest BCUT2D eigenvalue weighted by atomic mass is 10.1. The van der Waals surface area contributed by atoms with Gasteiger partial charge in [0.2, 0.25) is 5.91 Å². The first-order valence-electron chi connectivity index (χ1n) is 9.37. The first kappa shape index (κ1) is 19.1. The van der Waals surface area contributed by atoms with Gasteiger partial charge in [0.25, 0.3) is 0 Å². The largest absolute Gasteiger partial charge is 0.461 e. The van der Waals surface area contributed by atoms with E-state index in [0.29, 0.717) is 12.1 Å². The van der Waals surface area contributed by atoms with E-state index >= 15 is 0 Å². The molecule has 1 heterocycles. The number of rotatable bonds is 7. The Hall–Kier alpha value is -2.69. The molecule has 1 aliphatic heterocycles. The van der Waals surface area contributed by atoms with Gasteiger partial charge < -0.3 is 9.64 Å². The van der Waals surface area contributed by atoms with Crippen molar-refractivity contribution >= 4 is 17.6 Å². The second-order valence-corrected chi connectivity index (χ2v) is 6.91. The van der Waals surface area contributed by atoms with Crippen molar-refractivity contribution in [3.63, 3.8) is 0 Å². The van der Waals surface area contributed by atoms with E-state index in [1.165, 1.54) is 17.7 Å². The maximum Gasteiger partial charge on any atom is 0.311 e. The Morgan fingerprint density at radius 1 is 1.11 bits per heavy atom. The van der Waals surface area contributed by atoms with Crippen molar-refractivity contribution in [2.45, 2.75) is 39.2 Å². The average Bonchev–Trinajstić information content (AvgIpc) is 3.08. The van der Waals surface area contributed by atoms with Crippen molar-refractivity contribution in [1.29, 1.82) is 0 Å². The monoisotopic (exact) mass is 369 g/mol. The van der Waals surface area contributed by atoms with Gasteiger partial charge in [-0.1, -0.05) is 37.6 Å². The summed E-state index contributed by atoms with van der Waals surface area (Å²) in [6.07, 6.45) is 3.47. The van der Waals surface area contributed by atoms with Crippen molar-refractivity contribution in [3.8, 4) is 0 Å². The Morgan fingerprint density at radius 2 is 1.78 bits per heavy atom. The van der Waals surface area contributed by atoms with Crippen LogP contribution in [0.15, 0.2) is 48.5 Å². The lowest BCUT2D eigenvalue weighted by Gasteiger charge is -2.17. The summed E-state index contributed by atoms with van der Waals surface area (Å²) in [5.41, 5.74) is 2.78. The van der Waals surface area contributed by atoms with Gasteiger partial charge in [-0.3, -0.25) is 9.59 Å². The van der Waals surface area contributed by atoms with Crippen molar-refractivity contribution < 1.29 is 18.7 Å². The lowest BCUT2D eigenvalue weighted by molar-refractivity contribution is -0.149. The zero-order valence-electron chi connectivity index (χ0n) is 15.5. The fraction of sp³-hybridized carbons (Fsp3) is 0.364. The number of hydrogen-bond acceptors (Lipinski definition) is 3. The Kier molecular flexibility index (Phi) is 6.22. The second kappa shape index (κ2) is 8.80. The number of carbonyl (C=O) groups is 2. The first-order valence-corrected chi connectivity index (χ1v) is 9.37. The van der Waals surface area contributed by atoms with Crippen LogP contribution in [0.25, 0.3) is 0 Å². The summed E-state index contributed by atoms with van der Waals surface area (Å²) in [5, 5.41) is 0. The molecule has 1 aliphatic rings. The van der Waals surface area contributed by atoms with Crippen molar-refractivity contribution in [1.82, 2.24) is 0 Å². The number of unbranched alkanes of at least 4 members (excludes halogenated alkanes) is 1. The predicted octanol–water partition coefficient (Wildman–Crippen LogP) is 4.26. The second-order valence-electron chi connectivity index (χ2n) is 6.91. The zero-order chi connectivity index (χ0) is 19.2. The van der Waals surface area contributed by atoms with Crippen LogP contribution in [0, 0.1) is 11.7 Å². The van der Waals surface area contributed by atoms with Crippen LogP contribution in [0.4, 0.5) is 10.1 Å². The molecule has 0 aromatic heterocycles. The van der Waals surface area contributed by atoms with Crippen LogP contribution in [-0.2, 0) is 27.4 Å². The molecular formula is C22H24FNO3. The van der Waals surface area contributed by atoms with E-state index in [1.54, 1.807) is 17.0 Å². The number of carbonyl (C=O) groups excluding carboxylic acids is 2. The van der Waals surface area contributed by atoms with Crippen LogP contribution in [0.5, 0.6) is 0 Å². The number of anilines is 1. The minimum Gasteiger partial charge on any atom is -0.461 e. The van der Waals surface area contributed by atoms with Gasteiger partial charge in [-0.25, -0.2) is 4.39 Å². The standard InChI is InChI=1S/C22H24FNO3/c1-2-3-4-16-7-11-20(12-8-16)24-14-18(13-21(24)25)22(26)27-15-17-5-9-19(23)10-6-17/h5-12,18H,2-4,13-15H2,1H3/t18-/m0/s1. The SMILES string of the molecule is CCCCc1ccc(N2C[C@@H](C(=O)OCc3ccc(F)cc3)CC2=O)cc1. The van der Waals surface area contributed by atoms with Gasteiger partial charge in [0.05, 0.1) is 5.92 Å². The fourth-order valence-corrected chi connectivity index (χ4v) is 3.19. The Morgan fingerprint density at radius 3 is 2.44 bits per heavy atom. The highest BCUT2D eigenvalue weighted by atomic mass is 19.1. The first-order chi connectivity index (χ1) is 13.1. The maximum atomic E-state index is 12.9. The third kappa shape index (κ3) is 4.94. The van der Waals surface area contributed by atoms with Gasteiger partial charge in [0.15, 0.2) is 0 Å². The summed E-state index contributed by atoms with van der Waals surface area (Å²) in [6.45, 7) is 2.57. The highest BCUT2D eigenvalue weighted by Gasteiger charge is 2.36. The van der Waals surface area contributed by atoms with E-state index in [2.05, 4.69) is 6.92 Å². The van der Waals surface area contributed by atoms with Gasteiger partial charge >= 0.3 is 5.97 Å². The number of amides is 1. The zero-order valence-corrected chi connectivity index (χ0v) is 15.5. The van der Waals surface area contributed by atoms with Gasteiger partial charge in [-0.15, -0.1) is 0 Å². The lowest BCUT2D eigenvalue weighted by Crippen LogP contribution is -2.26. The van der Waals surface area contributed by atoms with E-state index < -0.39 is 11.9 Å². The van der Waals surface area contributed by atoms with Gasteiger partial charge in [-0.05, 0) is 48.2 Å². The molecule has 3 rings (SSSR count). The van der Waals surface area contributed by atoms with Gasteiger partial charge in [0.1, 0.15) is 12.4 Å². The predicted molar refractivity (Wildman–Crippen MR) is 102 cm³/mol. The van der Waals surface area contributed by atoms with Crippen LogP contribution >= 0.6 is 0 Å². The number of hydrogen-bond donors (Lipinski definition) is 0. The van der Waals surface area contributed by atoms with E-state index in [-0.39, 0.29) is 24.8 Å². The van der Waals surface area contributed by atoms with Gasteiger partial charge in [-0.2, -0.15) is 0 Å². The number of benzene rings is 2. The van der Waals surface area contributed by atoms with Crippen LogP contribution in [0.3, 0.4) is 0 Å². The molecule has 0 bridgehead atoms. The van der Waals surface area contributed by atoms with E-state index in [0.717, 1.165) is 24.9 Å². The minimum absolute atomic E-state index is 0.0694. The topological polar surface area (TPSA) is 46.6 Å². The number of nitrogens with zero attached hydrogens (tertiary/aromatic N) is 1.